The van der Waals surface area contributed by atoms with E-state index in [-0.39, 0.29) is 6.42 Å². The molecule has 0 heterocycles. The molecule has 13 nitrogen and oxygen atoms in total. The van der Waals surface area contributed by atoms with E-state index in [2.05, 4.69) is 16.0 Å². The number of carbonyl (C=O) groups excluding carboxylic acids is 3. The van der Waals surface area contributed by atoms with E-state index in [4.69, 9.17) is 15.9 Å². The average molecular weight is 507 g/mol. The number of carboxylic acid groups (broad SMARTS) is 3. The number of hydrogen-bond acceptors (Lipinski definition) is 8. The van der Waals surface area contributed by atoms with Gasteiger partial charge in [0, 0.05) is 12.8 Å². The monoisotopic (exact) mass is 506 g/mol. The van der Waals surface area contributed by atoms with Crippen molar-refractivity contribution in [1.82, 2.24) is 16.0 Å². The van der Waals surface area contributed by atoms with Crippen molar-refractivity contribution in [3.8, 4) is 0 Å². The number of rotatable bonds is 17. The number of carbonyl (C=O) groups is 6. The van der Waals surface area contributed by atoms with Crippen LogP contribution in [0.2, 0.25) is 0 Å². The van der Waals surface area contributed by atoms with E-state index in [1.54, 1.807) is 13.8 Å². The normalized spacial score (nSPS) is 14.4. The van der Waals surface area contributed by atoms with Crippen LogP contribution >= 0.6 is 11.8 Å². The van der Waals surface area contributed by atoms with Gasteiger partial charge in [-0.05, 0) is 37.2 Å². The fraction of sp³-hybridized carbons (Fsp3) is 0.700. The number of thioether (sulfide) groups is 1. The number of amides is 3. The van der Waals surface area contributed by atoms with Gasteiger partial charge in [-0.2, -0.15) is 11.8 Å². The maximum atomic E-state index is 12.9. The zero-order valence-corrected chi connectivity index (χ0v) is 20.2. The first-order chi connectivity index (χ1) is 15.8. The van der Waals surface area contributed by atoms with Crippen LogP contribution < -0.4 is 21.7 Å². The maximum absolute atomic E-state index is 12.9. The first-order valence-electron chi connectivity index (χ1n) is 10.6. The Morgan fingerprint density at radius 1 is 0.765 bits per heavy atom. The van der Waals surface area contributed by atoms with E-state index in [0.717, 1.165) is 0 Å². The highest BCUT2D eigenvalue weighted by molar-refractivity contribution is 7.98. The Balaban J connectivity index is 5.47. The van der Waals surface area contributed by atoms with Crippen molar-refractivity contribution < 1.29 is 44.1 Å². The molecule has 0 saturated carbocycles. The van der Waals surface area contributed by atoms with Gasteiger partial charge in [-0.3, -0.25) is 24.0 Å². The summed E-state index contributed by atoms with van der Waals surface area (Å²) in [6, 6.07) is -4.92. The Kier molecular flexibility index (Phi) is 14.5. The molecule has 0 aliphatic rings. The second-order valence-corrected chi connectivity index (χ2v) is 8.93. The maximum Gasteiger partial charge on any atom is 0.326 e. The lowest BCUT2D eigenvalue weighted by atomic mass is 10.0. The van der Waals surface area contributed by atoms with Crippen LogP contribution in [-0.4, -0.2) is 87.1 Å². The van der Waals surface area contributed by atoms with Crippen molar-refractivity contribution in [2.24, 2.45) is 11.7 Å². The van der Waals surface area contributed by atoms with Crippen molar-refractivity contribution in [3.05, 3.63) is 0 Å². The van der Waals surface area contributed by atoms with Gasteiger partial charge in [0.1, 0.15) is 18.1 Å². The molecule has 0 saturated heterocycles. The van der Waals surface area contributed by atoms with Gasteiger partial charge in [-0.15, -0.1) is 0 Å². The fourth-order valence-corrected chi connectivity index (χ4v) is 3.26. The lowest BCUT2D eigenvalue weighted by molar-refractivity contribution is -0.144. The van der Waals surface area contributed by atoms with Gasteiger partial charge in [0.25, 0.3) is 0 Å². The molecule has 0 aliphatic heterocycles. The molecule has 3 amide bonds. The molecule has 34 heavy (non-hydrogen) atoms. The Labute approximate surface area is 201 Å². The molecule has 0 spiro atoms. The van der Waals surface area contributed by atoms with Crippen LogP contribution in [0.4, 0.5) is 0 Å². The van der Waals surface area contributed by atoms with Gasteiger partial charge in [-0.1, -0.05) is 13.8 Å². The first-order valence-corrected chi connectivity index (χ1v) is 12.0. The van der Waals surface area contributed by atoms with Crippen LogP contribution in [0.1, 0.15) is 46.0 Å². The molecule has 194 valence electrons. The second kappa shape index (κ2) is 15.9. The summed E-state index contributed by atoms with van der Waals surface area (Å²) >= 11 is 1.50. The molecule has 0 radical (unpaired) electrons. The van der Waals surface area contributed by atoms with Gasteiger partial charge in [-0.25, -0.2) is 4.79 Å². The van der Waals surface area contributed by atoms with Crippen molar-refractivity contribution >= 4 is 47.4 Å². The summed E-state index contributed by atoms with van der Waals surface area (Å²) in [6.45, 7) is 3.30. The molecule has 4 atom stereocenters. The number of nitrogens with one attached hydrogen (secondary N) is 3. The van der Waals surface area contributed by atoms with E-state index in [1.807, 2.05) is 6.26 Å². The molecular formula is C20H34N4O9S. The summed E-state index contributed by atoms with van der Waals surface area (Å²) in [7, 11) is 0. The standard InChI is InChI=1S/C20H34N4O9S/c1-10(2)16(24-17(29)11(21)8-9-34-3)19(31)22-12(4-6-14(25)26)18(30)23-13(20(32)33)5-7-15(27)28/h10-13,16H,4-9,21H2,1-3H3,(H,22,31)(H,23,30)(H,24,29)(H,25,26)(H,27,28)(H,32,33). The summed E-state index contributed by atoms with van der Waals surface area (Å²) in [5.41, 5.74) is 5.83. The molecule has 8 N–H and O–H groups in total. The fourth-order valence-electron chi connectivity index (χ4n) is 2.77. The van der Waals surface area contributed by atoms with Crippen molar-refractivity contribution in [2.45, 2.75) is 70.1 Å². The predicted molar refractivity (Wildman–Crippen MR) is 123 cm³/mol. The van der Waals surface area contributed by atoms with E-state index in [1.165, 1.54) is 11.8 Å². The predicted octanol–water partition coefficient (Wildman–Crippen LogP) is -1.01. The Morgan fingerprint density at radius 3 is 1.71 bits per heavy atom. The SMILES string of the molecule is CSCCC(N)C(=O)NC(C(=O)NC(CCC(=O)O)C(=O)NC(CCC(=O)O)C(=O)O)C(C)C. The van der Waals surface area contributed by atoms with Crippen LogP contribution in [0, 0.1) is 5.92 Å². The average Bonchev–Trinajstić information content (AvgIpc) is 2.74. The first kappa shape index (κ1) is 31.1. The molecule has 0 bridgehead atoms. The number of hydrogen-bond donors (Lipinski definition) is 7. The third-order valence-corrected chi connectivity index (χ3v) is 5.40. The smallest absolute Gasteiger partial charge is 0.326 e. The lowest BCUT2D eigenvalue weighted by Crippen LogP contribution is -2.58. The highest BCUT2D eigenvalue weighted by Crippen LogP contribution is 2.08. The minimum Gasteiger partial charge on any atom is -0.481 e. The highest BCUT2D eigenvalue weighted by Gasteiger charge is 2.32. The van der Waals surface area contributed by atoms with Crippen molar-refractivity contribution in [2.75, 3.05) is 12.0 Å². The quantitative estimate of drug-likeness (QED) is 0.126. The van der Waals surface area contributed by atoms with Crippen LogP contribution in [0.25, 0.3) is 0 Å². The van der Waals surface area contributed by atoms with Crippen LogP contribution in [0.15, 0.2) is 0 Å². The second-order valence-electron chi connectivity index (χ2n) is 7.94. The highest BCUT2D eigenvalue weighted by atomic mass is 32.2. The molecule has 0 aromatic carbocycles. The number of nitrogens with two attached hydrogens (primary N) is 1. The molecule has 14 heteroatoms. The number of aliphatic carboxylic acids is 3. The molecule has 0 aromatic rings. The molecular weight excluding hydrogens is 472 g/mol. The summed E-state index contributed by atoms with van der Waals surface area (Å²) < 4.78 is 0. The van der Waals surface area contributed by atoms with Gasteiger partial charge in [0.15, 0.2) is 0 Å². The van der Waals surface area contributed by atoms with E-state index in [0.29, 0.717) is 12.2 Å². The van der Waals surface area contributed by atoms with E-state index >= 15 is 0 Å². The van der Waals surface area contributed by atoms with Gasteiger partial charge >= 0.3 is 17.9 Å². The number of carboxylic acids is 3. The van der Waals surface area contributed by atoms with Crippen LogP contribution in [0.5, 0.6) is 0 Å². The summed E-state index contributed by atoms with van der Waals surface area (Å²) in [5.74, 6) is -6.09. The molecule has 4 unspecified atom stereocenters. The van der Waals surface area contributed by atoms with E-state index < -0.39 is 85.0 Å². The van der Waals surface area contributed by atoms with Crippen molar-refractivity contribution in [3.63, 3.8) is 0 Å². The minimum atomic E-state index is -1.55. The van der Waals surface area contributed by atoms with Crippen molar-refractivity contribution in [1.29, 1.82) is 0 Å². The summed E-state index contributed by atoms with van der Waals surface area (Å²) in [5, 5.41) is 34.0. The zero-order chi connectivity index (χ0) is 26.4. The summed E-state index contributed by atoms with van der Waals surface area (Å²) in [6.07, 6.45) is 0.438. The molecule has 0 aliphatic carbocycles. The minimum absolute atomic E-state index is 0.357. The zero-order valence-electron chi connectivity index (χ0n) is 19.4. The third-order valence-electron chi connectivity index (χ3n) is 4.76. The molecule has 0 fully saturated rings. The van der Waals surface area contributed by atoms with Crippen LogP contribution in [-0.2, 0) is 28.8 Å². The van der Waals surface area contributed by atoms with Gasteiger partial charge < -0.3 is 37.0 Å². The lowest BCUT2D eigenvalue weighted by Gasteiger charge is -2.26. The largest absolute Gasteiger partial charge is 0.481 e. The van der Waals surface area contributed by atoms with E-state index in [9.17, 15) is 33.9 Å². The third kappa shape index (κ3) is 12.4. The van der Waals surface area contributed by atoms with Crippen LogP contribution in [0.3, 0.4) is 0 Å². The molecule has 0 rings (SSSR count). The Hall–Kier alpha value is -2.87. The Morgan fingerprint density at radius 2 is 1.26 bits per heavy atom. The summed E-state index contributed by atoms with van der Waals surface area (Å²) in [4.78, 5) is 71.0. The van der Waals surface area contributed by atoms with Gasteiger partial charge in [0.2, 0.25) is 17.7 Å². The molecule has 0 aromatic heterocycles. The topological polar surface area (TPSA) is 225 Å². The van der Waals surface area contributed by atoms with Gasteiger partial charge in [0.05, 0.1) is 6.04 Å². The Bertz CT molecular complexity index is 748.